The first-order chi connectivity index (χ1) is 70.0. The van der Waals surface area contributed by atoms with Crippen molar-refractivity contribution in [1.29, 1.82) is 0 Å². The third-order valence-corrected chi connectivity index (χ3v) is 29.0. The van der Waals surface area contributed by atoms with Gasteiger partial charge in [-0.3, -0.25) is 66.5 Å². The van der Waals surface area contributed by atoms with Crippen molar-refractivity contribution in [3.05, 3.63) is 372 Å². The van der Waals surface area contributed by atoms with Crippen LogP contribution in [0.15, 0.2) is 260 Å². The Bertz CT molecular complexity index is 9270. The molecule has 28 rings (SSSR count). The molecule has 4 aliphatic heterocycles. The third-order valence-electron chi connectivity index (χ3n) is 28.1. The fraction of sp³-hybridized carbons (Fsp3) is 0.158. The molecular formula is C114H83N9O20S. The Morgan fingerprint density at radius 1 is 0.361 bits per heavy atom. The van der Waals surface area contributed by atoms with Gasteiger partial charge in [-0.2, -0.15) is 0 Å². The summed E-state index contributed by atoms with van der Waals surface area (Å²) >= 11 is 1.46. The van der Waals surface area contributed by atoms with E-state index in [4.69, 9.17) is 52.4 Å². The molecule has 12 heterocycles. The number of hydrogen-bond acceptors (Lipinski definition) is 24. The van der Waals surface area contributed by atoms with Crippen LogP contribution in [-0.2, 0) is 31.7 Å². The van der Waals surface area contributed by atoms with Gasteiger partial charge in [0, 0.05) is 132 Å². The number of pyridine rings is 6. The Morgan fingerprint density at radius 2 is 0.799 bits per heavy atom. The number of aryl methyl sites for hydroxylation is 4. The molecule has 11 aromatic carbocycles. The number of ketones is 5. The van der Waals surface area contributed by atoms with E-state index in [1.54, 1.807) is 131 Å². The van der Waals surface area contributed by atoms with Gasteiger partial charge in [0.2, 0.25) is 20.4 Å². The minimum atomic E-state index is -0.188. The van der Waals surface area contributed by atoms with Crippen molar-refractivity contribution < 1.29 is 71.3 Å². The van der Waals surface area contributed by atoms with Crippen molar-refractivity contribution in [2.24, 2.45) is 7.05 Å². The van der Waals surface area contributed by atoms with Gasteiger partial charge in [0.15, 0.2) is 63.4 Å². The van der Waals surface area contributed by atoms with Crippen LogP contribution in [0.3, 0.4) is 0 Å². The van der Waals surface area contributed by atoms with E-state index < -0.39 is 0 Å². The highest BCUT2D eigenvalue weighted by Gasteiger charge is 2.42. The van der Waals surface area contributed by atoms with Crippen molar-refractivity contribution in [3.8, 4) is 114 Å². The second-order valence-electron chi connectivity index (χ2n) is 36.2. The van der Waals surface area contributed by atoms with E-state index in [1.165, 1.54) is 15.9 Å². The SMILES string of the molecule is COc1cc2c3c(n(C)c(=O)c2cc1C)-c1cc2c(cc1C3=O)OCO2.COc1cc2c3c(n(CN4CCOCC4)c(=O)c2cc1C)-c1cc2c(cc1C3=O)OCO2.COc1cc2c3c(n(Cn4ccnc4)c(=O)c2cc1C)-c1cc2c(cc1C3=O)OCO2.Cc1cccc2cc3c(=O)n(-c4ccccc4)c4c(c3nc12)C(=O)c1ccccc1-4.O=C1c2ccccc2-c2c1c1sccc1c(=O)n2Cc1ccccc1. The number of para-hydroxylation sites is 2. The minimum Gasteiger partial charge on any atom is -0.496 e. The lowest BCUT2D eigenvalue weighted by Crippen LogP contribution is -2.40. The van der Waals surface area contributed by atoms with Gasteiger partial charge in [-0.25, -0.2) is 9.97 Å². The lowest BCUT2D eigenvalue weighted by atomic mass is 10.0. The number of methoxy groups -OCH3 is 3. The minimum absolute atomic E-state index is 0.0138. The third kappa shape index (κ3) is 14.0. The molecule has 0 bridgehead atoms. The molecule has 710 valence electrons. The van der Waals surface area contributed by atoms with E-state index in [0.717, 1.165) is 79.0 Å². The van der Waals surface area contributed by atoms with Crippen LogP contribution in [-0.4, -0.2) is 139 Å². The van der Waals surface area contributed by atoms with E-state index in [2.05, 4.69) is 9.88 Å². The zero-order valence-corrected chi connectivity index (χ0v) is 79.5. The maximum absolute atomic E-state index is 13.8. The average Bonchev–Trinajstić information content (AvgIpc) is 1.55. The monoisotopic (exact) mass is 1930 g/mol. The first-order valence-corrected chi connectivity index (χ1v) is 47.4. The molecule has 1 fully saturated rings. The molecule has 0 spiro atoms. The largest absolute Gasteiger partial charge is 0.496 e. The molecule has 29 nitrogen and oxygen atoms in total. The van der Waals surface area contributed by atoms with Crippen molar-refractivity contribution in [1.82, 2.24) is 42.3 Å². The van der Waals surface area contributed by atoms with Crippen LogP contribution in [0.2, 0.25) is 0 Å². The molecule has 0 amide bonds. The van der Waals surface area contributed by atoms with Crippen LogP contribution >= 0.6 is 11.3 Å². The van der Waals surface area contributed by atoms with E-state index in [0.29, 0.717) is 222 Å². The van der Waals surface area contributed by atoms with Crippen molar-refractivity contribution >= 4 is 104 Å². The highest BCUT2D eigenvalue weighted by Crippen LogP contribution is 2.52. The maximum Gasteiger partial charge on any atom is 0.265 e. The summed E-state index contributed by atoms with van der Waals surface area (Å²) in [5, 5.41) is 7.13. The average molecular weight is 1930 g/mol. The summed E-state index contributed by atoms with van der Waals surface area (Å²) in [7, 11) is 6.42. The number of hydrogen-bond donors (Lipinski definition) is 0. The first kappa shape index (κ1) is 88.9. The van der Waals surface area contributed by atoms with E-state index in [1.807, 2.05) is 185 Å². The number of benzene rings is 11. The van der Waals surface area contributed by atoms with Gasteiger partial charge >= 0.3 is 0 Å². The van der Waals surface area contributed by atoms with E-state index in [-0.39, 0.29) is 83.8 Å². The summed E-state index contributed by atoms with van der Waals surface area (Å²) in [6, 6.07) is 65.1. The molecule has 1 saturated heterocycles. The van der Waals surface area contributed by atoms with Crippen molar-refractivity contribution in [3.63, 3.8) is 0 Å². The number of imidazole rings is 1. The standard InChI is InChI=1S/C26H16N2O2.C24H22N2O6.C23H17N3O5.C21H13NO2S.C20H15NO5/c1-15-8-7-9-16-14-20-23(27-22(15)16)21-24(18-12-5-6-13-19(18)25(21)29)28(26(20)30)17-10-3-2-4-11-17;1-13-7-17-14(8-18(13)29-2)21-22(26(24(17)28)11-25-3-5-30-6-4-25)15-9-19-20(32-12-31-19)10-16(15)23(21)27;1-12-5-16-13(6-17(12)29-2)20-21(26(23(16)28)10-25-4-3-24-9-25)14-7-18-19(31-11-30-18)8-15(14)22(20)27;23-19-15-9-5-4-8-14(15)18-17(19)20-16(10-11-25-20)21(24)22(18)12-13-6-2-1-3-7-13;1-9-4-13-10(5-14(9)24-3)17-18(21(2)20(13)23)11-6-15-16(26-8-25-15)7-12(11)19(17)22/h2-14H,1H3;7-10H,3-6,11-12H2,1-2H3;3-9H,10-11H2,1-2H3;1-11H,12H2;4-7H,8H2,1-3H3. The van der Waals surface area contributed by atoms with Crippen molar-refractivity contribution in [2.45, 2.75) is 47.6 Å². The number of nitrogens with zero attached hydrogens (tertiary/aromatic N) is 9. The molecule has 0 saturated carbocycles. The number of morpholine rings is 1. The summed E-state index contributed by atoms with van der Waals surface area (Å²) in [5.74, 6) is 4.78. The summed E-state index contributed by atoms with van der Waals surface area (Å²) in [6.07, 6.45) is 5.07. The van der Waals surface area contributed by atoms with E-state index >= 15 is 0 Å². The molecule has 19 aromatic rings. The Labute approximate surface area is 821 Å². The van der Waals surface area contributed by atoms with Gasteiger partial charge in [-0.1, -0.05) is 115 Å². The first-order valence-electron chi connectivity index (χ1n) is 46.5. The zero-order valence-electron chi connectivity index (χ0n) is 78.7. The zero-order chi connectivity index (χ0) is 98.8. The van der Waals surface area contributed by atoms with Gasteiger partial charge in [0.05, 0.1) is 137 Å². The Balaban J connectivity index is 0.0000000971. The highest BCUT2D eigenvalue weighted by molar-refractivity contribution is 7.17. The second kappa shape index (κ2) is 34.6. The van der Waals surface area contributed by atoms with Gasteiger partial charge in [0.1, 0.15) is 23.9 Å². The lowest BCUT2D eigenvalue weighted by molar-refractivity contribution is 0.0232. The second-order valence-corrected chi connectivity index (χ2v) is 37.1. The Morgan fingerprint density at radius 3 is 1.31 bits per heavy atom. The van der Waals surface area contributed by atoms with Gasteiger partial charge in [0.25, 0.3) is 27.8 Å². The number of fused-ring (bicyclic) bond motifs is 29. The maximum atomic E-state index is 13.8. The van der Waals surface area contributed by atoms with Crippen LogP contribution in [0.25, 0.3) is 126 Å². The molecule has 30 heteroatoms. The predicted molar refractivity (Wildman–Crippen MR) is 543 cm³/mol. The topological polar surface area (TPSA) is 322 Å². The summed E-state index contributed by atoms with van der Waals surface area (Å²) in [6.45, 7) is 11.7. The number of thiophene rings is 1. The van der Waals surface area contributed by atoms with Crippen LogP contribution < -0.4 is 70.4 Å². The lowest BCUT2D eigenvalue weighted by Gasteiger charge is -2.28. The van der Waals surface area contributed by atoms with Gasteiger partial charge in [-0.15, -0.1) is 11.3 Å². The quantitative estimate of drug-likeness (QED) is 0.115. The molecule has 5 aliphatic carbocycles. The summed E-state index contributed by atoms with van der Waals surface area (Å²) < 4.78 is 65.6. The number of carbonyl (C=O) groups excluding carboxylic acids is 5. The van der Waals surface area contributed by atoms with Crippen LogP contribution in [0.5, 0.6) is 51.7 Å². The molecule has 144 heavy (non-hydrogen) atoms. The van der Waals surface area contributed by atoms with E-state index in [9.17, 15) is 47.9 Å². The number of aromatic nitrogens is 8. The predicted octanol–water partition coefficient (Wildman–Crippen LogP) is 17.7. The fourth-order valence-corrected chi connectivity index (χ4v) is 22.1. The van der Waals surface area contributed by atoms with Crippen LogP contribution in [0.1, 0.15) is 107 Å². The number of carbonyl (C=O) groups is 5. The smallest absolute Gasteiger partial charge is 0.265 e. The number of ether oxygens (including phenoxy) is 10. The fourth-order valence-electron chi connectivity index (χ4n) is 21.2. The van der Waals surface area contributed by atoms with Gasteiger partial charge < -0.3 is 61.1 Å². The molecule has 0 atom stereocenters. The normalized spacial score (nSPS) is 13.9. The molecule has 0 radical (unpaired) electrons. The highest BCUT2D eigenvalue weighted by atomic mass is 32.1. The molecular weight excluding hydrogens is 1850 g/mol. The Hall–Kier alpha value is -17.7. The Kier molecular flexibility index (Phi) is 21.4. The molecule has 8 aromatic heterocycles. The van der Waals surface area contributed by atoms with Crippen LogP contribution in [0, 0.1) is 27.7 Å². The summed E-state index contributed by atoms with van der Waals surface area (Å²) in [5.41, 5.74) is 18.2. The van der Waals surface area contributed by atoms with Crippen molar-refractivity contribution in [2.75, 3.05) is 68.0 Å². The van der Waals surface area contributed by atoms with Gasteiger partial charge in [-0.05, 0) is 158 Å². The summed E-state index contributed by atoms with van der Waals surface area (Å²) in [4.78, 5) is 145. The van der Waals surface area contributed by atoms with Crippen LogP contribution in [0.4, 0.5) is 0 Å². The molecule has 0 unspecified atom stereocenters. The molecule has 0 N–H and O–H groups in total. The molecule has 9 aliphatic rings. The number of rotatable bonds is 10.